The molecule has 2 atom stereocenters. The Morgan fingerprint density at radius 1 is 1.00 bits per heavy atom. The molecule has 0 fully saturated rings. The van der Waals surface area contributed by atoms with Gasteiger partial charge < -0.3 is 14.4 Å². The molecule has 0 N–H and O–H groups in total. The van der Waals surface area contributed by atoms with Gasteiger partial charge in [0.2, 0.25) is 5.91 Å². The van der Waals surface area contributed by atoms with Gasteiger partial charge in [0.05, 0.1) is 12.0 Å². The number of carbonyl (C=O) groups excluding carboxylic acids is 2. The van der Waals surface area contributed by atoms with Crippen molar-refractivity contribution in [3.63, 3.8) is 0 Å². The fourth-order valence-corrected chi connectivity index (χ4v) is 4.91. The summed E-state index contributed by atoms with van der Waals surface area (Å²) >= 11 is 0. The Morgan fingerprint density at radius 2 is 1.71 bits per heavy atom. The maximum atomic E-state index is 14.0. The summed E-state index contributed by atoms with van der Waals surface area (Å²) in [6.45, 7) is 5.57. The zero-order valence-corrected chi connectivity index (χ0v) is 18.8. The highest BCUT2D eigenvalue weighted by molar-refractivity contribution is 6.02. The average Bonchev–Trinajstić information content (AvgIpc) is 3.12. The van der Waals surface area contributed by atoms with E-state index in [1.165, 1.54) is 0 Å². The van der Waals surface area contributed by atoms with E-state index in [1.54, 1.807) is 4.90 Å². The van der Waals surface area contributed by atoms with Crippen LogP contribution in [-0.2, 0) is 11.8 Å². The van der Waals surface area contributed by atoms with E-state index in [1.807, 2.05) is 62.3 Å². The zero-order valence-electron chi connectivity index (χ0n) is 18.8. The number of likely N-dealkylation sites (N-methyl/N-ethyl adjacent to an activating group) is 2. The van der Waals surface area contributed by atoms with Crippen molar-refractivity contribution in [3.05, 3.63) is 71.4 Å². The van der Waals surface area contributed by atoms with Gasteiger partial charge in [-0.25, -0.2) is 0 Å². The average molecular weight is 418 g/mol. The number of carbonyl (C=O) groups is 2. The Bertz CT molecular complexity index is 1120. The third kappa shape index (κ3) is 3.52. The Kier molecular flexibility index (Phi) is 5.86. The summed E-state index contributed by atoms with van der Waals surface area (Å²) in [7, 11) is 3.84. The van der Waals surface area contributed by atoms with Crippen molar-refractivity contribution in [2.24, 2.45) is 7.05 Å². The normalized spacial score (nSPS) is 18.3. The molecule has 0 radical (unpaired) electrons. The molecule has 0 unspecified atom stereocenters. The Labute approximate surface area is 184 Å². The number of hydrogen-bond donors (Lipinski definition) is 0. The summed E-state index contributed by atoms with van der Waals surface area (Å²) < 4.78 is 2.08. The Morgan fingerprint density at radius 3 is 2.45 bits per heavy atom. The quantitative estimate of drug-likeness (QED) is 0.582. The molecular formula is C26H31N3O2. The molecule has 1 aliphatic rings. The molecule has 5 heteroatoms. The lowest BCUT2D eigenvalue weighted by Gasteiger charge is -2.41. The minimum absolute atomic E-state index is 0.0332. The maximum Gasteiger partial charge on any atom is 0.254 e. The molecule has 3 aromatic rings. The van der Waals surface area contributed by atoms with E-state index < -0.39 is 5.92 Å². The van der Waals surface area contributed by atoms with Crippen LogP contribution < -0.4 is 0 Å². The highest BCUT2D eigenvalue weighted by atomic mass is 16.2. The molecule has 4 rings (SSSR count). The second-order valence-electron chi connectivity index (χ2n) is 8.41. The second kappa shape index (κ2) is 8.58. The highest BCUT2D eigenvalue weighted by Crippen LogP contribution is 2.45. The summed E-state index contributed by atoms with van der Waals surface area (Å²) in [4.78, 5) is 31.0. The van der Waals surface area contributed by atoms with Crippen molar-refractivity contribution in [1.29, 1.82) is 0 Å². The fraction of sp³-hybridized carbons (Fsp3) is 0.385. The number of nitrogens with zero attached hydrogens (tertiary/aromatic N) is 3. The van der Waals surface area contributed by atoms with E-state index >= 15 is 0 Å². The Hall–Kier alpha value is -3.08. The molecule has 1 aromatic heterocycles. The van der Waals surface area contributed by atoms with Crippen LogP contribution in [0.2, 0.25) is 0 Å². The third-order valence-electron chi connectivity index (χ3n) is 6.57. The van der Waals surface area contributed by atoms with Gasteiger partial charge in [-0.15, -0.1) is 0 Å². The van der Waals surface area contributed by atoms with Crippen LogP contribution in [0.15, 0.2) is 54.7 Å². The first-order valence-electron chi connectivity index (χ1n) is 11.2. The van der Waals surface area contributed by atoms with E-state index in [9.17, 15) is 9.59 Å². The number of aryl methyl sites for hydroxylation is 1. The summed E-state index contributed by atoms with van der Waals surface area (Å²) in [5, 5.41) is 1.09. The zero-order chi connectivity index (χ0) is 22.1. The summed E-state index contributed by atoms with van der Waals surface area (Å²) in [6.07, 6.45) is 4.09. The molecule has 31 heavy (non-hydrogen) atoms. The predicted octanol–water partition coefficient (Wildman–Crippen LogP) is 4.74. The standard InChI is InChI=1S/C26H31N3O2/c1-5-7-16-29(6-2)26(31)23-19-13-8-9-14-20(19)25(30)28(4)24(23)21-17-27(3)22-15-11-10-12-18(21)22/h8-15,17,23-24H,5-7,16H2,1-4H3/t23-,24-/m0/s1. The molecule has 0 saturated carbocycles. The van der Waals surface area contributed by atoms with Crippen molar-refractivity contribution in [3.8, 4) is 0 Å². The number of benzene rings is 2. The van der Waals surface area contributed by atoms with Gasteiger partial charge in [-0.3, -0.25) is 9.59 Å². The number of aromatic nitrogens is 1. The van der Waals surface area contributed by atoms with E-state index in [4.69, 9.17) is 0 Å². The first-order chi connectivity index (χ1) is 15.0. The molecule has 0 saturated heterocycles. The molecule has 5 nitrogen and oxygen atoms in total. The molecule has 0 spiro atoms. The van der Waals surface area contributed by atoms with Gasteiger partial charge in [0, 0.05) is 55.4 Å². The van der Waals surface area contributed by atoms with Gasteiger partial charge in [-0.2, -0.15) is 0 Å². The number of unbranched alkanes of at least 4 members (excludes halogenated alkanes) is 1. The molecule has 1 aliphatic heterocycles. The van der Waals surface area contributed by atoms with Crippen molar-refractivity contribution in [2.75, 3.05) is 20.1 Å². The lowest BCUT2D eigenvalue weighted by atomic mass is 9.79. The number of hydrogen-bond acceptors (Lipinski definition) is 2. The van der Waals surface area contributed by atoms with Gasteiger partial charge in [0.1, 0.15) is 0 Å². The first kappa shape index (κ1) is 21.2. The van der Waals surface area contributed by atoms with Crippen molar-refractivity contribution in [1.82, 2.24) is 14.4 Å². The van der Waals surface area contributed by atoms with Crippen molar-refractivity contribution < 1.29 is 9.59 Å². The number of amides is 2. The van der Waals surface area contributed by atoms with Crippen LogP contribution in [0.5, 0.6) is 0 Å². The number of fused-ring (bicyclic) bond motifs is 2. The first-order valence-corrected chi connectivity index (χ1v) is 11.2. The third-order valence-corrected chi connectivity index (χ3v) is 6.57. The van der Waals surface area contributed by atoms with Crippen molar-refractivity contribution >= 4 is 22.7 Å². The molecular weight excluding hydrogens is 386 g/mol. The summed E-state index contributed by atoms with van der Waals surface area (Å²) in [6, 6.07) is 15.4. The van der Waals surface area contributed by atoms with Crippen molar-refractivity contribution in [2.45, 2.75) is 38.6 Å². The molecule has 0 aliphatic carbocycles. The molecule has 162 valence electrons. The highest BCUT2D eigenvalue weighted by Gasteiger charge is 2.44. The van der Waals surface area contributed by atoms with E-state index in [0.717, 1.165) is 41.4 Å². The molecule has 2 heterocycles. The van der Waals surface area contributed by atoms with Crippen LogP contribution in [0.1, 0.15) is 60.1 Å². The van der Waals surface area contributed by atoms with E-state index in [2.05, 4.69) is 29.8 Å². The topological polar surface area (TPSA) is 45.6 Å². The van der Waals surface area contributed by atoms with Gasteiger partial charge in [0.25, 0.3) is 5.91 Å². The van der Waals surface area contributed by atoms with Crippen LogP contribution in [0, 0.1) is 0 Å². The lowest BCUT2D eigenvalue weighted by molar-refractivity contribution is -0.134. The number of para-hydroxylation sites is 1. The van der Waals surface area contributed by atoms with Gasteiger partial charge in [0.15, 0.2) is 0 Å². The second-order valence-corrected chi connectivity index (χ2v) is 8.41. The predicted molar refractivity (Wildman–Crippen MR) is 124 cm³/mol. The van der Waals surface area contributed by atoms with Crippen LogP contribution >= 0.6 is 0 Å². The van der Waals surface area contributed by atoms with E-state index in [0.29, 0.717) is 12.1 Å². The van der Waals surface area contributed by atoms with E-state index in [-0.39, 0.29) is 17.9 Å². The lowest BCUT2D eigenvalue weighted by Crippen LogP contribution is -2.47. The minimum atomic E-state index is -0.429. The van der Waals surface area contributed by atoms with Crippen LogP contribution in [-0.4, -0.2) is 46.3 Å². The molecule has 2 amide bonds. The molecule has 0 bridgehead atoms. The smallest absolute Gasteiger partial charge is 0.254 e. The summed E-state index contributed by atoms with van der Waals surface area (Å²) in [5.74, 6) is -0.364. The van der Waals surface area contributed by atoms with Gasteiger partial charge in [-0.1, -0.05) is 49.7 Å². The van der Waals surface area contributed by atoms with Crippen LogP contribution in [0.3, 0.4) is 0 Å². The summed E-state index contributed by atoms with van der Waals surface area (Å²) in [5.41, 5.74) is 3.59. The Balaban J connectivity index is 1.91. The maximum absolute atomic E-state index is 14.0. The fourth-order valence-electron chi connectivity index (χ4n) is 4.91. The largest absolute Gasteiger partial charge is 0.350 e. The van der Waals surface area contributed by atoms with Crippen LogP contribution in [0.4, 0.5) is 0 Å². The van der Waals surface area contributed by atoms with Gasteiger partial charge >= 0.3 is 0 Å². The monoisotopic (exact) mass is 417 g/mol. The van der Waals surface area contributed by atoms with Crippen LogP contribution in [0.25, 0.3) is 10.9 Å². The SMILES string of the molecule is CCCCN(CC)C(=O)[C@H]1c2ccccc2C(=O)N(C)[C@H]1c1cn(C)c2ccccc12. The minimum Gasteiger partial charge on any atom is -0.350 e. The number of rotatable bonds is 6. The van der Waals surface area contributed by atoms with Gasteiger partial charge in [-0.05, 0) is 31.0 Å². The molecule has 2 aromatic carbocycles.